The molecule has 2 amide bonds. The average Bonchev–Trinajstić information content (AvgIpc) is 2.45. The van der Waals surface area contributed by atoms with Gasteiger partial charge in [0.15, 0.2) is 0 Å². The zero-order valence-electron chi connectivity index (χ0n) is 12.8. The number of nitrogens with zero attached hydrogens (tertiary/aromatic N) is 1. The number of urea groups is 1. The van der Waals surface area contributed by atoms with Crippen LogP contribution in [0.4, 0.5) is 14.9 Å². The highest BCUT2D eigenvalue weighted by molar-refractivity contribution is 5.89. The molecule has 4 nitrogen and oxygen atoms in total. The second-order valence-electron chi connectivity index (χ2n) is 5.68. The Kier molecular flexibility index (Phi) is 5.56. The molecule has 0 saturated carbocycles. The fourth-order valence-electron chi connectivity index (χ4n) is 2.64. The molecule has 5 heteroatoms. The van der Waals surface area contributed by atoms with Gasteiger partial charge >= 0.3 is 6.03 Å². The molecule has 1 aromatic carbocycles. The van der Waals surface area contributed by atoms with Gasteiger partial charge in [0.1, 0.15) is 5.82 Å². The number of likely N-dealkylation sites (tertiary alicyclic amines) is 1. The van der Waals surface area contributed by atoms with Gasteiger partial charge in [-0.2, -0.15) is 0 Å². The Morgan fingerprint density at radius 3 is 2.71 bits per heavy atom. The molecule has 2 N–H and O–H groups in total. The Labute approximate surface area is 125 Å². The molecule has 1 aliphatic heterocycles. The lowest BCUT2D eigenvalue weighted by molar-refractivity contribution is 0.196. The summed E-state index contributed by atoms with van der Waals surface area (Å²) in [6.45, 7) is 7.05. The molecule has 0 radical (unpaired) electrons. The molecule has 0 aromatic heterocycles. The highest BCUT2D eigenvalue weighted by Gasteiger charge is 2.20. The number of benzene rings is 1. The van der Waals surface area contributed by atoms with Gasteiger partial charge in [-0.25, -0.2) is 9.18 Å². The number of hydrogen-bond acceptors (Lipinski definition) is 2. The van der Waals surface area contributed by atoms with E-state index in [2.05, 4.69) is 22.5 Å². The van der Waals surface area contributed by atoms with E-state index < -0.39 is 0 Å². The van der Waals surface area contributed by atoms with Crippen LogP contribution in [0.2, 0.25) is 0 Å². The molecule has 0 spiro atoms. The first-order chi connectivity index (χ1) is 10.1. The van der Waals surface area contributed by atoms with Gasteiger partial charge < -0.3 is 15.5 Å². The summed E-state index contributed by atoms with van der Waals surface area (Å²) in [5, 5.41) is 5.65. The number of carbonyl (C=O) groups excluding carboxylic acids is 1. The first-order valence-corrected chi connectivity index (χ1v) is 7.64. The van der Waals surface area contributed by atoms with Crippen molar-refractivity contribution >= 4 is 11.7 Å². The number of nitrogens with one attached hydrogen (secondary N) is 2. The second kappa shape index (κ2) is 7.41. The number of rotatable bonds is 4. The lowest BCUT2D eigenvalue weighted by Crippen LogP contribution is -2.46. The van der Waals surface area contributed by atoms with Gasteiger partial charge in [0, 0.05) is 24.8 Å². The SMILES string of the molecule is CCCN1CCC(NC(=O)Nc2ccc(C)c(F)c2)CC1. The summed E-state index contributed by atoms with van der Waals surface area (Å²) in [5.41, 5.74) is 1.06. The monoisotopic (exact) mass is 293 g/mol. The minimum atomic E-state index is -0.305. The molecule has 0 unspecified atom stereocenters. The largest absolute Gasteiger partial charge is 0.335 e. The summed E-state index contributed by atoms with van der Waals surface area (Å²) >= 11 is 0. The summed E-state index contributed by atoms with van der Waals surface area (Å²) in [6.07, 6.45) is 3.10. The minimum Gasteiger partial charge on any atom is -0.335 e. The Balaban J connectivity index is 1.78. The molecule has 1 saturated heterocycles. The number of carbonyl (C=O) groups is 1. The lowest BCUT2D eigenvalue weighted by Gasteiger charge is -2.32. The van der Waals surface area contributed by atoms with Gasteiger partial charge in [-0.3, -0.25) is 0 Å². The van der Waals surface area contributed by atoms with Gasteiger partial charge in [0.05, 0.1) is 0 Å². The van der Waals surface area contributed by atoms with Crippen LogP contribution in [-0.4, -0.2) is 36.6 Å². The summed E-state index contributed by atoms with van der Waals surface area (Å²) in [4.78, 5) is 14.3. The van der Waals surface area contributed by atoms with Crippen molar-refractivity contribution in [2.45, 2.75) is 39.2 Å². The molecule has 0 atom stereocenters. The number of piperidine rings is 1. The number of amides is 2. The zero-order valence-corrected chi connectivity index (χ0v) is 12.8. The zero-order chi connectivity index (χ0) is 15.2. The van der Waals surface area contributed by atoms with E-state index in [1.165, 1.54) is 6.07 Å². The maximum atomic E-state index is 13.4. The second-order valence-corrected chi connectivity index (χ2v) is 5.68. The third-order valence-corrected chi connectivity index (χ3v) is 3.89. The fourth-order valence-corrected chi connectivity index (χ4v) is 2.64. The standard InChI is InChI=1S/C16H24FN3O/c1-3-8-20-9-6-13(7-10-20)18-16(21)19-14-5-4-12(2)15(17)11-14/h4-5,11,13H,3,6-10H2,1-2H3,(H2,18,19,21). The number of aryl methyl sites for hydroxylation is 1. The van der Waals surface area contributed by atoms with Gasteiger partial charge in [0.25, 0.3) is 0 Å². The van der Waals surface area contributed by atoms with Crippen LogP contribution >= 0.6 is 0 Å². The van der Waals surface area contributed by atoms with E-state index in [9.17, 15) is 9.18 Å². The summed E-state index contributed by atoms with van der Waals surface area (Å²) in [6, 6.07) is 4.66. The first kappa shape index (κ1) is 15.8. The van der Waals surface area contributed by atoms with Crippen LogP contribution in [0.15, 0.2) is 18.2 Å². The van der Waals surface area contributed by atoms with Crippen LogP contribution < -0.4 is 10.6 Å². The van der Waals surface area contributed by atoms with Crippen LogP contribution in [0.1, 0.15) is 31.7 Å². The lowest BCUT2D eigenvalue weighted by atomic mass is 10.1. The van der Waals surface area contributed by atoms with Crippen molar-refractivity contribution in [2.24, 2.45) is 0 Å². The highest BCUT2D eigenvalue weighted by Crippen LogP contribution is 2.14. The van der Waals surface area contributed by atoms with E-state index in [4.69, 9.17) is 0 Å². The number of hydrogen-bond donors (Lipinski definition) is 2. The molecular formula is C16H24FN3O. The molecule has 2 rings (SSSR count). The Hall–Kier alpha value is -1.62. The van der Waals surface area contributed by atoms with E-state index in [1.807, 2.05) is 0 Å². The maximum absolute atomic E-state index is 13.4. The summed E-state index contributed by atoms with van der Waals surface area (Å²) in [7, 11) is 0. The normalized spacial score (nSPS) is 16.7. The van der Waals surface area contributed by atoms with Gasteiger partial charge in [0.2, 0.25) is 0 Å². The summed E-state index contributed by atoms with van der Waals surface area (Å²) < 4.78 is 13.4. The van der Waals surface area contributed by atoms with E-state index >= 15 is 0 Å². The molecule has 1 fully saturated rings. The molecule has 0 aliphatic carbocycles. The summed E-state index contributed by atoms with van der Waals surface area (Å²) in [5.74, 6) is -0.305. The van der Waals surface area contributed by atoms with E-state index in [0.29, 0.717) is 11.3 Å². The van der Waals surface area contributed by atoms with E-state index in [0.717, 1.165) is 38.9 Å². The molecular weight excluding hydrogens is 269 g/mol. The number of anilines is 1. The third-order valence-electron chi connectivity index (χ3n) is 3.89. The Bertz CT molecular complexity index is 484. The molecule has 0 bridgehead atoms. The van der Waals surface area contributed by atoms with Gasteiger partial charge in [-0.05, 0) is 50.4 Å². The molecule has 116 valence electrons. The van der Waals surface area contributed by atoms with Gasteiger partial charge in [-0.1, -0.05) is 13.0 Å². The molecule has 21 heavy (non-hydrogen) atoms. The third kappa shape index (κ3) is 4.70. The minimum absolute atomic E-state index is 0.202. The Morgan fingerprint density at radius 2 is 2.10 bits per heavy atom. The molecule has 1 aromatic rings. The highest BCUT2D eigenvalue weighted by atomic mass is 19.1. The van der Waals surface area contributed by atoms with Crippen LogP contribution in [0.3, 0.4) is 0 Å². The maximum Gasteiger partial charge on any atom is 0.319 e. The Morgan fingerprint density at radius 1 is 1.38 bits per heavy atom. The predicted octanol–water partition coefficient (Wildman–Crippen LogP) is 3.13. The average molecular weight is 293 g/mol. The van der Waals surface area contributed by atoms with Crippen molar-refractivity contribution < 1.29 is 9.18 Å². The van der Waals surface area contributed by atoms with Crippen molar-refractivity contribution in [3.05, 3.63) is 29.6 Å². The van der Waals surface area contributed by atoms with Crippen LogP contribution in [0.5, 0.6) is 0 Å². The van der Waals surface area contributed by atoms with Gasteiger partial charge in [-0.15, -0.1) is 0 Å². The quantitative estimate of drug-likeness (QED) is 0.896. The van der Waals surface area contributed by atoms with Crippen molar-refractivity contribution in [1.82, 2.24) is 10.2 Å². The van der Waals surface area contributed by atoms with E-state index in [-0.39, 0.29) is 17.9 Å². The fraction of sp³-hybridized carbons (Fsp3) is 0.562. The molecule has 1 heterocycles. The van der Waals surface area contributed by atoms with Crippen molar-refractivity contribution in [1.29, 1.82) is 0 Å². The number of halogens is 1. The van der Waals surface area contributed by atoms with Crippen molar-refractivity contribution in [2.75, 3.05) is 25.0 Å². The van der Waals surface area contributed by atoms with Crippen molar-refractivity contribution in [3.63, 3.8) is 0 Å². The molecule has 1 aliphatic rings. The van der Waals surface area contributed by atoms with Crippen LogP contribution in [0.25, 0.3) is 0 Å². The smallest absolute Gasteiger partial charge is 0.319 e. The first-order valence-electron chi connectivity index (χ1n) is 7.64. The van der Waals surface area contributed by atoms with Crippen LogP contribution in [0, 0.1) is 12.7 Å². The van der Waals surface area contributed by atoms with E-state index in [1.54, 1.807) is 19.1 Å². The van der Waals surface area contributed by atoms with Crippen molar-refractivity contribution in [3.8, 4) is 0 Å². The topological polar surface area (TPSA) is 44.4 Å². The predicted molar refractivity (Wildman–Crippen MR) is 83.0 cm³/mol. The van der Waals surface area contributed by atoms with Crippen LogP contribution in [-0.2, 0) is 0 Å².